The summed E-state index contributed by atoms with van der Waals surface area (Å²) in [5.74, 6) is -0.740. The van der Waals surface area contributed by atoms with E-state index < -0.39 is 27.0 Å². The second-order valence-corrected chi connectivity index (χ2v) is 5.99. The van der Waals surface area contributed by atoms with Crippen LogP contribution >= 0.6 is 0 Å². The number of rotatable bonds is 6. The average molecular weight is 311 g/mol. The fourth-order valence-corrected chi connectivity index (χ4v) is 3.11. The van der Waals surface area contributed by atoms with Crippen molar-refractivity contribution in [3.63, 3.8) is 0 Å². The van der Waals surface area contributed by atoms with E-state index in [0.717, 1.165) is 18.6 Å². The van der Waals surface area contributed by atoms with E-state index >= 15 is 0 Å². The minimum Gasteiger partial charge on any atom is -0.404 e. The van der Waals surface area contributed by atoms with Gasteiger partial charge in [0.15, 0.2) is 0 Å². The highest BCUT2D eigenvalue weighted by Gasteiger charge is 2.34. The first-order valence-corrected chi connectivity index (χ1v) is 7.51. The SMILES string of the molecule is CCCC(C)NS(=O)(=O)c1ccccc1OC(F)(F)F. The molecule has 20 heavy (non-hydrogen) atoms. The van der Waals surface area contributed by atoms with Crippen LogP contribution in [0.1, 0.15) is 26.7 Å². The van der Waals surface area contributed by atoms with Crippen molar-refractivity contribution in [3.05, 3.63) is 24.3 Å². The molecule has 1 atom stereocenters. The summed E-state index contributed by atoms with van der Waals surface area (Å²) < 4.78 is 67.0. The number of benzene rings is 1. The summed E-state index contributed by atoms with van der Waals surface area (Å²) in [5.41, 5.74) is 0. The fourth-order valence-electron chi connectivity index (χ4n) is 1.70. The van der Waals surface area contributed by atoms with Gasteiger partial charge in [0.1, 0.15) is 10.6 Å². The lowest BCUT2D eigenvalue weighted by Crippen LogP contribution is -2.33. The van der Waals surface area contributed by atoms with Crippen molar-refractivity contribution in [2.24, 2.45) is 0 Å². The van der Waals surface area contributed by atoms with E-state index in [1.165, 1.54) is 12.1 Å². The highest BCUT2D eigenvalue weighted by molar-refractivity contribution is 7.89. The molecule has 0 bridgehead atoms. The molecule has 0 saturated heterocycles. The van der Waals surface area contributed by atoms with Crippen LogP contribution in [0.2, 0.25) is 0 Å². The normalized spacial score (nSPS) is 14.1. The molecule has 4 nitrogen and oxygen atoms in total. The maximum absolute atomic E-state index is 12.3. The second kappa shape index (κ2) is 6.45. The van der Waals surface area contributed by atoms with Crippen molar-refractivity contribution in [1.82, 2.24) is 4.72 Å². The molecular formula is C12H16F3NO3S. The van der Waals surface area contributed by atoms with Gasteiger partial charge in [-0.2, -0.15) is 0 Å². The standard InChI is InChI=1S/C12H16F3NO3S/c1-3-6-9(2)16-20(17,18)11-8-5-4-7-10(11)19-12(13,14)15/h4-5,7-9,16H,3,6H2,1-2H3. The van der Waals surface area contributed by atoms with E-state index in [0.29, 0.717) is 6.42 Å². The van der Waals surface area contributed by atoms with Crippen LogP contribution in [0.5, 0.6) is 5.75 Å². The maximum atomic E-state index is 12.3. The minimum absolute atomic E-state index is 0.371. The fraction of sp³-hybridized carbons (Fsp3) is 0.500. The van der Waals surface area contributed by atoms with Crippen molar-refractivity contribution in [2.45, 2.75) is 44.0 Å². The molecule has 0 amide bonds. The smallest absolute Gasteiger partial charge is 0.404 e. The van der Waals surface area contributed by atoms with E-state index in [1.807, 2.05) is 6.92 Å². The van der Waals surface area contributed by atoms with E-state index in [2.05, 4.69) is 9.46 Å². The Morgan fingerprint density at radius 3 is 2.45 bits per heavy atom. The van der Waals surface area contributed by atoms with Gasteiger partial charge in [0, 0.05) is 6.04 Å². The molecule has 114 valence electrons. The Kier molecular flexibility index (Phi) is 5.41. The number of ether oxygens (including phenoxy) is 1. The van der Waals surface area contributed by atoms with Crippen molar-refractivity contribution in [2.75, 3.05) is 0 Å². The zero-order valence-electron chi connectivity index (χ0n) is 11.1. The van der Waals surface area contributed by atoms with Gasteiger partial charge in [-0.1, -0.05) is 25.5 Å². The summed E-state index contributed by atoms with van der Waals surface area (Å²) in [6, 6.07) is 4.27. The van der Waals surface area contributed by atoms with Crippen molar-refractivity contribution in [3.8, 4) is 5.75 Å². The molecule has 1 aromatic carbocycles. The molecule has 8 heteroatoms. The second-order valence-electron chi connectivity index (χ2n) is 4.31. The molecule has 0 aliphatic heterocycles. The van der Waals surface area contributed by atoms with Gasteiger partial charge in [0.2, 0.25) is 10.0 Å². The number of alkyl halides is 3. The molecule has 1 rings (SSSR count). The molecular weight excluding hydrogens is 295 g/mol. The largest absolute Gasteiger partial charge is 0.573 e. The van der Waals surface area contributed by atoms with E-state index in [1.54, 1.807) is 6.92 Å². The highest BCUT2D eigenvalue weighted by Crippen LogP contribution is 2.29. The lowest BCUT2D eigenvalue weighted by Gasteiger charge is -2.16. The Labute approximate surface area is 116 Å². The Morgan fingerprint density at radius 2 is 1.90 bits per heavy atom. The lowest BCUT2D eigenvalue weighted by atomic mass is 10.2. The van der Waals surface area contributed by atoms with E-state index in [-0.39, 0.29) is 6.04 Å². The van der Waals surface area contributed by atoms with Gasteiger partial charge in [-0.25, -0.2) is 13.1 Å². The Bertz CT molecular complexity index is 543. The molecule has 1 unspecified atom stereocenters. The molecule has 0 aliphatic rings. The Morgan fingerprint density at radius 1 is 1.30 bits per heavy atom. The van der Waals surface area contributed by atoms with Crippen LogP contribution in [0.25, 0.3) is 0 Å². The highest BCUT2D eigenvalue weighted by atomic mass is 32.2. The van der Waals surface area contributed by atoms with E-state index in [4.69, 9.17) is 0 Å². The minimum atomic E-state index is -4.94. The number of sulfonamides is 1. The number of nitrogens with one attached hydrogen (secondary N) is 1. The average Bonchev–Trinajstić information content (AvgIpc) is 2.26. The van der Waals surface area contributed by atoms with Gasteiger partial charge >= 0.3 is 6.36 Å². The Balaban J connectivity index is 3.06. The molecule has 0 aliphatic carbocycles. The van der Waals surface area contributed by atoms with Crippen LogP contribution in [0.4, 0.5) is 13.2 Å². The first-order valence-electron chi connectivity index (χ1n) is 6.03. The van der Waals surface area contributed by atoms with Crippen LogP contribution in [0.15, 0.2) is 29.2 Å². The zero-order valence-corrected chi connectivity index (χ0v) is 11.9. The number of para-hydroxylation sites is 1. The third-order valence-corrected chi connectivity index (χ3v) is 4.07. The monoisotopic (exact) mass is 311 g/mol. The van der Waals surface area contributed by atoms with Crippen molar-refractivity contribution >= 4 is 10.0 Å². The summed E-state index contributed by atoms with van der Waals surface area (Å²) in [4.78, 5) is -0.528. The third kappa shape index (κ3) is 5.01. The maximum Gasteiger partial charge on any atom is 0.573 e. The third-order valence-electron chi connectivity index (χ3n) is 2.44. The molecule has 1 aromatic rings. The predicted molar refractivity (Wildman–Crippen MR) is 67.8 cm³/mol. The van der Waals surface area contributed by atoms with Crippen LogP contribution in [0.3, 0.4) is 0 Å². The molecule has 1 N–H and O–H groups in total. The molecule has 0 radical (unpaired) electrons. The lowest BCUT2D eigenvalue weighted by molar-refractivity contribution is -0.275. The van der Waals surface area contributed by atoms with E-state index in [9.17, 15) is 21.6 Å². The molecule has 0 spiro atoms. The summed E-state index contributed by atoms with van der Waals surface area (Å²) in [6.07, 6.45) is -3.60. The van der Waals surface area contributed by atoms with Crippen molar-refractivity contribution in [1.29, 1.82) is 0 Å². The summed E-state index contributed by atoms with van der Waals surface area (Å²) in [6.45, 7) is 3.53. The van der Waals surface area contributed by atoms with Gasteiger partial charge in [0.25, 0.3) is 0 Å². The molecule has 0 aromatic heterocycles. The summed E-state index contributed by atoms with van der Waals surface area (Å²) in [7, 11) is -4.06. The number of hydrogen-bond donors (Lipinski definition) is 1. The van der Waals surface area contributed by atoms with Gasteiger partial charge in [-0.3, -0.25) is 0 Å². The first kappa shape index (κ1) is 16.8. The van der Waals surface area contributed by atoms with Crippen LogP contribution in [0, 0.1) is 0 Å². The zero-order chi connectivity index (χ0) is 15.4. The van der Waals surface area contributed by atoms with Crippen LogP contribution < -0.4 is 9.46 Å². The quantitative estimate of drug-likeness (QED) is 0.878. The van der Waals surface area contributed by atoms with Gasteiger partial charge in [0.05, 0.1) is 0 Å². The molecule has 0 heterocycles. The summed E-state index contributed by atoms with van der Waals surface area (Å²) in [5, 5.41) is 0. The molecule has 0 saturated carbocycles. The van der Waals surface area contributed by atoms with Crippen LogP contribution in [-0.2, 0) is 10.0 Å². The number of hydrogen-bond acceptors (Lipinski definition) is 3. The Hall–Kier alpha value is -1.28. The number of halogens is 3. The topological polar surface area (TPSA) is 55.4 Å². The van der Waals surface area contributed by atoms with Crippen LogP contribution in [-0.4, -0.2) is 20.8 Å². The summed E-state index contributed by atoms with van der Waals surface area (Å²) >= 11 is 0. The van der Waals surface area contributed by atoms with Gasteiger partial charge < -0.3 is 4.74 Å². The van der Waals surface area contributed by atoms with Gasteiger partial charge in [-0.15, -0.1) is 13.2 Å². The predicted octanol–water partition coefficient (Wildman–Crippen LogP) is 3.05. The molecule has 0 fully saturated rings. The van der Waals surface area contributed by atoms with Crippen molar-refractivity contribution < 1.29 is 26.3 Å². The first-order chi connectivity index (χ1) is 9.15. The van der Waals surface area contributed by atoms with Gasteiger partial charge in [-0.05, 0) is 25.5 Å².